The molecule has 21 rings (SSSR count). The van der Waals surface area contributed by atoms with Gasteiger partial charge in [0.25, 0.3) is 0 Å². The van der Waals surface area contributed by atoms with Crippen LogP contribution in [0.2, 0.25) is 0 Å². The number of ether oxygens (including phenoxy) is 14. The Bertz CT molecular complexity index is 2200. The van der Waals surface area contributed by atoms with E-state index in [2.05, 4.69) is 0 Å². The second-order valence-corrected chi connectivity index (χ2v) is 24.4. The number of rotatable bonds is 15. The molecule has 0 aliphatic carbocycles. The van der Waals surface area contributed by atoms with Gasteiger partial charge >= 0.3 is 11.9 Å². The summed E-state index contributed by atoms with van der Waals surface area (Å²) in [6.45, 7) is -5.43. The molecule has 21 aliphatic rings. The van der Waals surface area contributed by atoms with E-state index in [0.29, 0.717) is 0 Å². The number of thioether (sulfide) groups is 2. The molecule has 21 saturated heterocycles. The summed E-state index contributed by atoms with van der Waals surface area (Å²) >= 11 is 1.60. The van der Waals surface area contributed by atoms with E-state index in [1.54, 1.807) is 0 Å². The van der Waals surface area contributed by atoms with E-state index in [-0.39, 0.29) is 11.5 Å². The van der Waals surface area contributed by atoms with E-state index < -0.39 is 284 Å². The Balaban J connectivity index is 1.11. The van der Waals surface area contributed by atoms with E-state index in [1.807, 2.05) is 0 Å². The van der Waals surface area contributed by atoms with Crippen molar-refractivity contribution in [3.63, 3.8) is 0 Å². The molecule has 41 heteroatoms. The van der Waals surface area contributed by atoms with E-state index in [9.17, 15) is 117 Å². The summed E-state index contributed by atoms with van der Waals surface area (Å²) in [5, 5.41) is 233. The number of carboxylic acid groups (broad SMARTS) is 2. The molecule has 14 bridgehead atoms. The van der Waals surface area contributed by atoms with Crippen LogP contribution in [-0.4, -0.2) is 402 Å². The van der Waals surface area contributed by atoms with Crippen LogP contribution in [0.1, 0.15) is 0 Å². The second kappa shape index (κ2) is 31.9. The van der Waals surface area contributed by atoms with Crippen molar-refractivity contribution in [2.45, 2.75) is 227 Å². The fraction of sp³-hybridized carbons (Fsp3) is 0.958. The number of nitrogens with two attached hydrogens (primary N) is 2. The third-order valence-corrected chi connectivity index (χ3v) is 18.5. The summed E-state index contributed by atoms with van der Waals surface area (Å²) in [7, 11) is 0. The topological polar surface area (TPSA) is 640 Å². The van der Waals surface area contributed by atoms with Gasteiger partial charge in [-0.2, -0.15) is 23.5 Å². The zero-order valence-electron chi connectivity index (χ0n) is 46.6. The number of aliphatic hydroxyl groups excluding tert-OH is 19. The Kier molecular flexibility index (Phi) is 26.2. The third kappa shape index (κ3) is 15.9. The van der Waals surface area contributed by atoms with Crippen LogP contribution in [0.25, 0.3) is 0 Å². The molecule has 89 heavy (non-hydrogen) atoms. The number of hydrogen-bond donors (Lipinski definition) is 23. The molecular formula is C48H80N2O37S2. The first-order chi connectivity index (χ1) is 42.2. The van der Waals surface area contributed by atoms with Gasteiger partial charge in [-0.15, -0.1) is 0 Å². The largest absolute Gasteiger partial charge is 0.480 e. The van der Waals surface area contributed by atoms with Gasteiger partial charge in [0.1, 0.15) is 171 Å². The van der Waals surface area contributed by atoms with Crippen molar-refractivity contribution in [3.8, 4) is 0 Å². The normalized spacial score (nSPS) is 50.1. The van der Waals surface area contributed by atoms with Gasteiger partial charge in [0.05, 0.1) is 45.2 Å². The lowest BCUT2D eigenvalue weighted by Gasteiger charge is -2.50. The quantitative estimate of drug-likeness (QED) is 0.0724. The Hall–Kier alpha value is -1.76. The Labute approximate surface area is 511 Å². The fourth-order valence-electron chi connectivity index (χ4n) is 11.2. The lowest BCUT2D eigenvalue weighted by molar-refractivity contribution is -0.395. The highest BCUT2D eigenvalue weighted by molar-refractivity contribution is 7.99. The van der Waals surface area contributed by atoms with Gasteiger partial charge in [0.15, 0.2) is 44.0 Å². The summed E-state index contributed by atoms with van der Waals surface area (Å²) in [6.07, 6.45) is -71.4. The SMILES string of the molecule is N[C@H](CSCC1O[C@H]2O[C@@H]3C(CO)O[C@H](O[C@@H]4C(CO)O[C@H](O[C@@H]5C(CO)O[C@H](O[C@@H]6C(CSC[C@@H](N)C(=O)O)O[C@H](O[C@@H]7C(CO)O[C@@H](O[C@@H]8C(CO)O[C@@H](O[C@H]1C(O)[C@@H]2O)[C@@H](O)C8O)C(O)[C@H]7O)C(O)[C@H]6O)C(O)[C@H]5O)[C@@H](O)C4O)[C@@H](O)C3O)C(=O)O. The first-order valence-corrected chi connectivity index (χ1v) is 30.4. The van der Waals surface area contributed by atoms with Crippen molar-refractivity contribution in [1.82, 2.24) is 0 Å². The van der Waals surface area contributed by atoms with Gasteiger partial charge < -0.3 is 185 Å². The molecule has 37 atom stereocenters. The summed E-state index contributed by atoms with van der Waals surface area (Å²) in [5.41, 5.74) is 11.4. The molecule has 21 heterocycles. The number of carboxylic acids is 2. The number of aliphatic hydroxyl groups is 19. The molecule has 516 valence electrons. The van der Waals surface area contributed by atoms with Crippen molar-refractivity contribution >= 4 is 35.5 Å². The molecule has 14 unspecified atom stereocenters. The van der Waals surface area contributed by atoms with Gasteiger partial charge in [-0.3, -0.25) is 9.59 Å². The van der Waals surface area contributed by atoms with Gasteiger partial charge in [0.2, 0.25) is 0 Å². The average Bonchev–Trinajstić information content (AvgIpc) is 0.884. The van der Waals surface area contributed by atoms with Crippen LogP contribution in [0.4, 0.5) is 0 Å². The molecule has 0 aromatic rings. The Morgan fingerprint density at radius 3 is 0.596 bits per heavy atom. The number of carbonyl (C=O) groups is 2. The molecule has 39 nitrogen and oxygen atoms in total. The van der Waals surface area contributed by atoms with E-state index in [4.69, 9.17) is 77.8 Å². The van der Waals surface area contributed by atoms with Crippen molar-refractivity contribution in [3.05, 3.63) is 0 Å². The highest BCUT2D eigenvalue weighted by Crippen LogP contribution is 2.40. The molecular weight excluding hydrogens is 1260 g/mol. The van der Waals surface area contributed by atoms with Crippen molar-refractivity contribution in [2.24, 2.45) is 11.5 Å². The summed E-state index contributed by atoms with van der Waals surface area (Å²) in [6, 6.07) is -2.94. The van der Waals surface area contributed by atoms with Crippen LogP contribution in [0.3, 0.4) is 0 Å². The molecule has 0 aromatic carbocycles. The smallest absolute Gasteiger partial charge is 0.321 e. The lowest BCUT2D eigenvalue weighted by atomic mass is 9.95. The minimum atomic E-state index is -2.27. The fourth-order valence-corrected chi connectivity index (χ4v) is 13.2. The summed E-state index contributed by atoms with van der Waals surface area (Å²) < 4.78 is 81.6. The average molecular weight is 1340 g/mol. The van der Waals surface area contributed by atoms with Crippen LogP contribution in [-0.2, 0) is 75.9 Å². The molecule has 21 fully saturated rings. The van der Waals surface area contributed by atoms with Crippen LogP contribution in [0.5, 0.6) is 0 Å². The zero-order valence-corrected chi connectivity index (χ0v) is 48.3. The van der Waals surface area contributed by atoms with Gasteiger partial charge in [-0.05, 0) is 0 Å². The summed E-state index contributed by atoms with van der Waals surface area (Å²) in [4.78, 5) is 23.2. The van der Waals surface area contributed by atoms with Gasteiger partial charge in [0, 0.05) is 23.0 Å². The maximum atomic E-state index is 11.7. The zero-order chi connectivity index (χ0) is 65.2. The molecule has 0 aromatic heterocycles. The van der Waals surface area contributed by atoms with Crippen LogP contribution in [0, 0.1) is 0 Å². The van der Waals surface area contributed by atoms with E-state index in [1.165, 1.54) is 0 Å². The second-order valence-electron chi connectivity index (χ2n) is 22.3. The van der Waals surface area contributed by atoms with Crippen molar-refractivity contribution in [1.29, 1.82) is 0 Å². The van der Waals surface area contributed by atoms with E-state index >= 15 is 0 Å². The Morgan fingerprint density at radius 1 is 0.281 bits per heavy atom. The molecule has 25 N–H and O–H groups in total. The highest BCUT2D eigenvalue weighted by Gasteiger charge is 2.60. The Morgan fingerprint density at radius 2 is 0.438 bits per heavy atom. The minimum Gasteiger partial charge on any atom is -0.480 e. The van der Waals surface area contributed by atoms with Crippen LogP contribution < -0.4 is 11.5 Å². The predicted molar refractivity (Wildman–Crippen MR) is 280 cm³/mol. The van der Waals surface area contributed by atoms with Gasteiger partial charge in [-0.25, -0.2) is 0 Å². The molecule has 0 radical (unpaired) electrons. The lowest BCUT2D eigenvalue weighted by Crippen LogP contribution is -2.68. The molecule has 0 amide bonds. The van der Waals surface area contributed by atoms with Crippen molar-refractivity contribution < 1.29 is 183 Å². The van der Waals surface area contributed by atoms with Gasteiger partial charge in [-0.1, -0.05) is 0 Å². The predicted octanol–water partition coefficient (Wildman–Crippen LogP) is -14.9. The number of hydrogen-bond acceptors (Lipinski definition) is 39. The minimum absolute atomic E-state index is 0.319. The first kappa shape index (κ1) is 73.1. The monoisotopic (exact) mass is 1340 g/mol. The summed E-state index contributed by atoms with van der Waals surface area (Å²) in [5.74, 6) is -4.26. The van der Waals surface area contributed by atoms with Crippen molar-refractivity contribution in [2.75, 3.05) is 56.0 Å². The third-order valence-electron chi connectivity index (χ3n) is 16.2. The standard InChI is InChI=1S/C48H80N2O37S2/c49-10(40(70)71)6-88-8-17-38-25(62)32(69)48(80-17)85-37-16(5-55)76-44(28(65)21(37)58)83-35-14(3-53)78-46(30(67)23(35)60)87-39-18(9-89-7-11(50)41(72)73)79-47(31(68)24(39)61)84-36-15(4-54)75-43(27(64)20(36)57)81-33-12(1-51)74-42(26(63)19(33)56)82-34-13(2-52)77-45(86-38)29(66)22(34)59/h10-39,42-48,51-69H,1-9,49-50H2,(H,70,71)(H,72,73)/t10-,11-,12?,13?,14?,15?,16?,17?,18?,19?,20?,21-,22-,23?,24?,25-,26+,27+,28?,29?,30+,31+,32?,33-,34-,35-,36-,37-,38-,39-,42-,43-,44+,45-,46+,47+,48-/m1/s1. The van der Waals surface area contributed by atoms with Crippen LogP contribution >= 0.6 is 23.5 Å². The van der Waals surface area contributed by atoms with E-state index in [0.717, 1.165) is 23.5 Å². The first-order valence-electron chi connectivity index (χ1n) is 28.1. The van der Waals surface area contributed by atoms with Crippen LogP contribution in [0.15, 0.2) is 0 Å². The maximum absolute atomic E-state index is 11.7. The highest BCUT2D eigenvalue weighted by atomic mass is 32.2. The maximum Gasteiger partial charge on any atom is 0.321 e. The molecule has 0 spiro atoms. The molecule has 0 saturated carbocycles. The molecule has 21 aliphatic heterocycles. The number of aliphatic carboxylic acids is 2.